The van der Waals surface area contributed by atoms with Gasteiger partial charge in [-0.25, -0.2) is 0 Å². The largest absolute Gasteiger partial charge is 0.416 e. The summed E-state index contributed by atoms with van der Waals surface area (Å²) < 4.78 is 41.3. The normalized spacial score (nSPS) is 20.7. The summed E-state index contributed by atoms with van der Waals surface area (Å²) in [5, 5.41) is 10.1. The Hall–Kier alpha value is -2.28. The summed E-state index contributed by atoms with van der Waals surface area (Å²) in [5.41, 5.74) is 6.05. The molecule has 0 spiro atoms. The third kappa shape index (κ3) is 4.20. The molecule has 4 nitrogen and oxygen atoms in total. The smallest absolute Gasteiger partial charge is 0.384 e. The summed E-state index contributed by atoms with van der Waals surface area (Å²) in [6, 6.07) is 8.68. The minimum Gasteiger partial charge on any atom is -0.384 e. The van der Waals surface area contributed by atoms with Gasteiger partial charge >= 0.3 is 6.18 Å². The third-order valence-electron chi connectivity index (χ3n) is 5.77. The van der Waals surface area contributed by atoms with Crippen LogP contribution in [0.25, 0.3) is 0 Å². The first-order valence-corrected chi connectivity index (χ1v) is 11.9. The molecule has 2 aliphatic rings. The number of nitrogens with zero attached hydrogens (tertiary/aromatic N) is 2. The van der Waals surface area contributed by atoms with Gasteiger partial charge in [0.1, 0.15) is 5.82 Å². The molecular formula is C23H18BrClF3N3OS. The number of benzene rings is 1. The average Bonchev–Trinajstić information content (AvgIpc) is 3.12. The Kier molecular flexibility index (Phi) is 5.92. The van der Waals surface area contributed by atoms with Gasteiger partial charge in [-0.3, -0.25) is 9.69 Å². The molecule has 0 fully saturated rings. The maximum atomic E-state index is 13.5. The van der Waals surface area contributed by atoms with Crippen molar-refractivity contribution in [1.29, 1.82) is 5.26 Å². The number of alkyl halides is 3. The van der Waals surface area contributed by atoms with Gasteiger partial charge in [0.05, 0.1) is 37.6 Å². The highest BCUT2D eigenvalue weighted by Crippen LogP contribution is 2.52. The summed E-state index contributed by atoms with van der Waals surface area (Å²) in [5.74, 6) is -0.882. The van der Waals surface area contributed by atoms with Crippen LogP contribution in [0.3, 0.4) is 0 Å². The predicted molar refractivity (Wildman–Crippen MR) is 126 cm³/mol. The SMILES string of the molecule is CC1(C)CC(=O)C2=C(C1)N(c1cc(C(F)(F)F)ccc1Cl)C(N)=C(C#N)C2c1ccc(Br)s1. The number of rotatable bonds is 2. The second-order valence-electron chi connectivity index (χ2n) is 8.79. The number of hydrogen-bond acceptors (Lipinski definition) is 5. The van der Waals surface area contributed by atoms with E-state index in [4.69, 9.17) is 17.3 Å². The maximum absolute atomic E-state index is 13.5. The number of hydrogen-bond donors (Lipinski definition) is 1. The molecule has 172 valence electrons. The van der Waals surface area contributed by atoms with Gasteiger partial charge < -0.3 is 5.73 Å². The zero-order valence-electron chi connectivity index (χ0n) is 17.6. The molecule has 33 heavy (non-hydrogen) atoms. The third-order valence-corrected chi connectivity index (χ3v) is 7.78. The number of nitrogens with two attached hydrogens (primary N) is 1. The van der Waals surface area contributed by atoms with E-state index in [0.717, 1.165) is 26.9 Å². The lowest BCUT2D eigenvalue weighted by Crippen LogP contribution is -2.42. The molecule has 2 N–H and O–H groups in total. The van der Waals surface area contributed by atoms with Crippen molar-refractivity contribution in [2.75, 3.05) is 4.90 Å². The average molecular weight is 557 g/mol. The first kappa shape index (κ1) is 23.9. The number of ketones is 1. The van der Waals surface area contributed by atoms with E-state index in [1.165, 1.54) is 16.2 Å². The van der Waals surface area contributed by atoms with Crippen LogP contribution in [-0.4, -0.2) is 5.78 Å². The van der Waals surface area contributed by atoms with Crippen molar-refractivity contribution in [2.45, 2.75) is 38.8 Å². The highest BCUT2D eigenvalue weighted by atomic mass is 79.9. The van der Waals surface area contributed by atoms with Gasteiger partial charge in [0, 0.05) is 22.6 Å². The number of thiophene rings is 1. The molecule has 1 aromatic carbocycles. The highest BCUT2D eigenvalue weighted by Gasteiger charge is 2.45. The van der Waals surface area contributed by atoms with Crippen molar-refractivity contribution < 1.29 is 18.0 Å². The summed E-state index contributed by atoms with van der Waals surface area (Å²) >= 11 is 11.1. The van der Waals surface area contributed by atoms with Crippen LogP contribution in [0.5, 0.6) is 0 Å². The van der Waals surface area contributed by atoms with Crippen LogP contribution in [0.1, 0.15) is 43.0 Å². The fourth-order valence-corrected chi connectivity index (χ4v) is 6.16. The molecule has 1 atom stereocenters. The first-order chi connectivity index (χ1) is 15.3. The van der Waals surface area contributed by atoms with E-state index in [9.17, 15) is 23.2 Å². The van der Waals surface area contributed by atoms with E-state index in [2.05, 4.69) is 22.0 Å². The molecule has 10 heteroatoms. The monoisotopic (exact) mass is 555 g/mol. The number of carbonyl (C=O) groups is 1. The fraction of sp³-hybridized carbons (Fsp3) is 0.304. The van der Waals surface area contributed by atoms with Crippen molar-refractivity contribution in [3.63, 3.8) is 0 Å². The van der Waals surface area contributed by atoms with E-state index in [1.807, 2.05) is 26.0 Å². The van der Waals surface area contributed by atoms with Gasteiger partial charge in [-0.2, -0.15) is 18.4 Å². The molecule has 0 radical (unpaired) electrons. The van der Waals surface area contributed by atoms with Crippen molar-refractivity contribution >= 4 is 50.3 Å². The Balaban J connectivity index is 2.03. The molecule has 1 unspecified atom stereocenters. The Morgan fingerprint density at radius 3 is 2.55 bits per heavy atom. The van der Waals surface area contributed by atoms with Gasteiger partial charge in [-0.15, -0.1) is 11.3 Å². The maximum Gasteiger partial charge on any atom is 0.416 e. The Bertz CT molecular complexity index is 1270. The van der Waals surface area contributed by atoms with Crippen LogP contribution in [0.15, 0.2) is 56.8 Å². The second-order valence-corrected chi connectivity index (χ2v) is 11.7. The van der Waals surface area contributed by atoms with Crippen LogP contribution in [0.2, 0.25) is 5.02 Å². The number of Topliss-reactive ketones (excluding diaryl/α,β-unsaturated/α-hetero) is 1. The number of anilines is 1. The predicted octanol–water partition coefficient (Wildman–Crippen LogP) is 7.12. The highest BCUT2D eigenvalue weighted by molar-refractivity contribution is 9.11. The molecule has 2 heterocycles. The van der Waals surface area contributed by atoms with Gasteiger partial charge in [0.25, 0.3) is 0 Å². The lowest BCUT2D eigenvalue weighted by Gasteiger charge is -2.43. The van der Waals surface area contributed by atoms with Crippen molar-refractivity contribution in [3.8, 4) is 6.07 Å². The summed E-state index contributed by atoms with van der Waals surface area (Å²) in [7, 11) is 0. The molecule has 1 aromatic heterocycles. The van der Waals surface area contributed by atoms with E-state index >= 15 is 0 Å². The molecule has 0 saturated heterocycles. The van der Waals surface area contributed by atoms with Crippen molar-refractivity contribution in [3.05, 3.63) is 72.2 Å². The van der Waals surface area contributed by atoms with Gasteiger partial charge in [0.2, 0.25) is 0 Å². The molecule has 1 aliphatic heterocycles. The number of halogens is 5. The van der Waals surface area contributed by atoms with Gasteiger partial charge in [0.15, 0.2) is 5.78 Å². The lowest BCUT2D eigenvalue weighted by molar-refractivity contribution is -0.137. The van der Waals surface area contributed by atoms with Crippen LogP contribution in [0.4, 0.5) is 18.9 Å². The summed E-state index contributed by atoms with van der Waals surface area (Å²) in [4.78, 5) is 15.5. The zero-order chi connectivity index (χ0) is 24.3. The van der Waals surface area contributed by atoms with Gasteiger partial charge in [-0.1, -0.05) is 25.4 Å². The van der Waals surface area contributed by atoms with Gasteiger partial charge in [-0.05, 0) is 58.1 Å². The Morgan fingerprint density at radius 1 is 1.27 bits per heavy atom. The van der Waals surface area contributed by atoms with Crippen molar-refractivity contribution in [2.24, 2.45) is 11.1 Å². The Labute approximate surface area is 206 Å². The quantitative estimate of drug-likeness (QED) is 0.427. The minimum absolute atomic E-state index is 0.0134. The molecule has 1 aliphatic carbocycles. The standard InChI is InChI=1S/C23H18BrClF3N3OS/c1-22(2)8-15-20(16(32)9-22)19(17-5-6-18(24)33-17)12(10-29)21(30)31(15)14-7-11(23(26,27)28)3-4-13(14)25/h3-7,19H,8-9,30H2,1-2H3. The zero-order valence-corrected chi connectivity index (χ0v) is 20.7. The summed E-state index contributed by atoms with van der Waals surface area (Å²) in [6.45, 7) is 3.83. The lowest BCUT2D eigenvalue weighted by atomic mass is 9.69. The van der Waals surface area contributed by atoms with Crippen LogP contribution in [-0.2, 0) is 11.0 Å². The van der Waals surface area contributed by atoms with E-state index < -0.39 is 23.1 Å². The molecule has 0 saturated carbocycles. The number of allylic oxidation sites excluding steroid dienone is 3. The molecular weight excluding hydrogens is 539 g/mol. The first-order valence-electron chi connectivity index (χ1n) is 9.92. The molecule has 2 aromatic rings. The molecule has 0 amide bonds. The van der Waals surface area contributed by atoms with Crippen LogP contribution < -0.4 is 10.6 Å². The minimum atomic E-state index is -4.60. The second kappa shape index (κ2) is 8.19. The fourth-order valence-electron chi connectivity index (χ4n) is 4.41. The Morgan fingerprint density at radius 2 is 1.97 bits per heavy atom. The topological polar surface area (TPSA) is 70.1 Å². The summed E-state index contributed by atoms with van der Waals surface area (Å²) in [6.07, 6.45) is -3.98. The number of carbonyl (C=O) groups excluding carboxylic acids is 1. The van der Waals surface area contributed by atoms with Crippen molar-refractivity contribution in [1.82, 2.24) is 0 Å². The van der Waals surface area contributed by atoms with E-state index in [-0.39, 0.29) is 34.3 Å². The molecule has 0 bridgehead atoms. The van der Waals surface area contributed by atoms with E-state index in [1.54, 1.807) is 0 Å². The molecule has 4 rings (SSSR count). The van der Waals surface area contributed by atoms with Crippen LogP contribution in [0, 0.1) is 16.7 Å². The number of nitriles is 1. The van der Waals surface area contributed by atoms with Crippen LogP contribution >= 0.6 is 38.9 Å². The van der Waals surface area contributed by atoms with E-state index in [0.29, 0.717) is 17.7 Å².